The third-order valence-corrected chi connectivity index (χ3v) is 11.5. The quantitative estimate of drug-likeness (QED) is 0.0897. The molecule has 1 atom stereocenters. The van der Waals surface area contributed by atoms with E-state index in [4.69, 9.17) is 14.5 Å². The minimum atomic E-state index is -0.584. The van der Waals surface area contributed by atoms with Crippen molar-refractivity contribution in [2.45, 2.75) is 97.7 Å². The van der Waals surface area contributed by atoms with Crippen LogP contribution in [0.2, 0.25) is 0 Å². The molecule has 3 aromatic carbocycles. The first-order valence-electron chi connectivity index (χ1n) is 21.8. The SMILES string of the molecule is C=C1CN(C(=O)OC(C)(C)C)[C@@H]1CN(C)Cc1cccc(-c2cc(CNC(=O)c3cccc(C(=O)NCc4c(CC)nc5c(cnn5CC)c4NC4CCOCC4)c3)ccc2F)c1. The Hall–Kier alpha value is -6.12. The number of nitrogens with one attached hydrogen (secondary N) is 3. The number of likely N-dealkylation sites (tertiary alicyclic amines) is 1. The molecule has 0 bridgehead atoms. The molecule has 4 heterocycles. The van der Waals surface area contributed by atoms with E-state index in [2.05, 4.69) is 39.5 Å². The highest BCUT2D eigenvalue weighted by molar-refractivity contribution is 6.00. The first-order chi connectivity index (χ1) is 30.2. The van der Waals surface area contributed by atoms with Crippen LogP contribution >= 0.6 is 0 Å². The van der Waals surface area contributed by atoms with E-state index in [0.29, 0.717) is 73.6 Å². The smallest absolute Gasteiger partial charge is 0.411 e. The highest BCUT2D eigenvalue weighted by atomic mass is 19.1. The molecule has 0 aliphatic carbocycles. The summed E-state index contributed by atoms with van der Waals surface area (Å²) in [5.74, 6) is -1.06. The summed E-state index contributed by atoms with van der Waals surface area (Å²) in [7, 11) is 1.98. The van der Waals surface area contributed by atoms with Crippen LogP contribution in [0.15, 0.2) is 85.1 Å². The van der Waals surface area contributed by atoms with Crippen molar-refractivity contribution in [2.24, 2.45) is 0 Å². The number of hydrogen-bond donors (Lipinski definition) is 3. The van der Waals surface area contributed by atoms with Crippen molar-refractivity contribution in [3.8, 4) is 11.1 Å². The second-order valence-corrected chi connectivity index (χ2v) is 17.4. The van der Waals surface area contributed by atoms with Gasteiger partial charge in [-0.2, -0.15) is 5.10 Å². The predicted octanol–water partition coefficient (Wildman–Crippen LogP) is 7.88. The van der Waals surface area contributed by atoms with Gasteiger partial charge < -0.3 is 25.4 Å². The third-order valence-electron chi connectivity index (χ3n) is 11.5. The largest absolute Gasteiger partial charge is 0.444 e. The number of rotatable bonds is 15. The molecule has 13 nitrogen and oxygen atoms in total. The molecule has 0 saturated carbocycles. The molecular weight excluding hydrogens is 800 g/mol. The zero-order chi connectivity index (χ0) is 44.8. The molecule has 332 valence electrons. The van der Waals surface area contributed by atoms with Crippen LogP contribution < -0.4 is 16.0 Å². The van der Waals surface area contributed by atoms with Crippen LogP contribution in [0.25, 0.3) is 22.2 Å². The summed E-state index contributed by atoms with van der Waals surface area (Å²) in [6, 6.07) is 19.2. The maximum Gasteiger partial charge on any atom is 0.411 e. The summed E-state index contributed by atoms with van der Waals surface area (Å²) in [5.41, 5.74) is 7.42. The van der Waals surface area contributed by atoms with Crippen molar-refractivity contribution in [3.05, 3.63) is 124 Å². The summed E-state index contributed by atoms with van der Waals surface area (Å²) < 4.78 is 28.4. The minimum absolute atomic E-state index is 0.147. The Morgan fingerprint density at radius 3 is 2.35 bits per heavy atom. The average Bonchev–Trinajstić information content (AvgIpc) is 3.69. The maximum atomic E-state index is 15.4. The lowest BCUT2D eigenvalue weighted by atomic mass is 9.97. The van der Waals surface area contributed by atoms with Gasteiger partial charge in [0.15, 0.2) is 5.65 Å². The highest BCUT2D eigenvalue weighted by Gasteiger charge is 2.38. The number of amides is 3. The standard InChI is InChI=1S/C49H59FN8O5/c1-8-42-39(44(54-37-18-20-62-21-19-37)40-27-53-58(9-2)45(40)55-42)26-52-47(60)36-15-11-14-35(24-36)46(59)51-25-32-16-17-41(50)38(23-32)34-13-10-12-33(22-34)29-56(7)30-43-31(3)28-57(43)48(61)63-49(4,5)6/h10-17,22-24,27,37,43H,3,8-9,18-21,25-26,28-30H2,1-2,4-7H3,(H,51,59)(H,52,60)(H,54,55)/t43-/m1/s1. The zero-order valence-corrected chi connectivity index (χ0v) is 37.2. The Morgan fingerprint density at radius 2 is 1.67 bits per heavy atom. The van der Waals surface area contributed by atoms with E-state index in [1.54, 1.807) is 41.3 Å². The number of aromatic nitrogens is 3. The molecule has 2 fully saturated rings. The number of anilines is 1. The molecule has 63 heavy (non-hydrogen) atoms. The van der Waals surface area contributed by atoms with Crippen LogP contribution in [0.1, 0.15) is 90.6 Å². The van der Waals surface area contributed by atoms with Gasteiger partial charge in [0.2, 0.25) is 0 Å². The fourth-order valence-corrected chi connectivity index (χ4v) is 8.15. The summed E-state index contributed by atoms with van der Waals surface area (Å²) >= 11 is 0. The number of fused-ring (bicyclic) bond motifs is 1. The number of benzene rings is 3. The Bertz CT molecular complexity index is 2490. The van der Waals surface area contributed by atoms with Gasteiger partial charge in [0, 0.05) is 86.5 Å². The number of nitrogens with zero attached hydrogens (tertiary/aromatic N) is 5. The van der Waals surface area contributed by atoms with Crippen LogP contribution in [-0.2, 0) is 42.1 Å². The lowest BCUT2D eigenvalue weighted by Crippen LogP contribution is -2.58. The van der Waals surface area contributed by atoms with Crippen molar-refractivity contribution in [3.63, 3.8) is 0 Å². The Labute approximate surface area is 369 Å². The highest BCUT2D eigenvalue weighted by Crippen LogP contribution is 2.32. The normalized spacial score (nSPS) is 15.7. The number of carbonyl (C=O) groups excluding carboxylic acids is 3. The number of ether oxygens (including phenoxy) is 2. The average molecular weight is 859 g/mol. The number of pyridine rings is 1. The molecule has 7 rings (SSSR count). The summed E-state index contributed by atoms with van der Waals surface area (Å²) in [5, 5.41) is 15.3. The van der Waals surface area contributed by atoms with Crippen LogP contribution in [0.4, 0.5) is 14.9 Å². The fourth-order valence-electron chi connectivity index (χ4n) is 8.15. The third kappa shape index (κ3) is 10.7. The number of halogens is 1. The summed E-state index contributed by atoms with van der Waals surface area (Å²) in [6.07, 6.45) is 3.91. The van der Waals surface area contributed by atoms with Gasteiger partial charge in [-0.15, -0.1) is 0 Å². The van der Waals surface area contributed by atoms with Crippen LogP contribution in [0.5, 0.6) is 0 Å². The predicted molar refractivity (Wildman–Crippen MR) is 243 cm³/mol. The molecule has 14 heteroatoms. The van der Waals surface area contributed by atoms with E-state index < -0.39 is 5.60 Å². The minimum Gasteiger partial charge on any atom is -0.444 e. The lowest BCUT2D eigenvalue weighted by molar-refractivity contribution is 0.00587. The van der Waals surface area contributed by atoms with Gasteiger partial charge in [-0.05, 0) is 113 Å². The molecular formula is C49H59FN8O5. The van der Waals surface area contributed by atoms with E-state index >= 15 is 4.39 Å². The van der Waals surface area contributed by atoms with Gasteiger partial charge in [-0.1, -0.05) is 43.8 Å². The van der Waals surface area contributed by atoms with E-state index in [9.17, 15) is 14.4 Å². The fraction of sp³-hybridized carbons (Fsp3) is 0.408. The number of hydrogen-bond acceptors (Lipinski definition) is 9. The molecule has 2 aromatic heterocycles. The molecule has 3 amide bonds. The van der Waals surface area contributed by atoms with Crippen LogP contribution in [0.3, 0.4) is 0 Å². The molecule has 2 aliphatic rings. The molecule has 2 saturated heterocycles. The van der Waals surface area contributed by atoms with E-state index in [0.717, 1.165) is 52.0 Å². The number of likely N-dealkylation sites (N-methyl/N-ethyl adjacent to an activating group) is 1. The molecule has 0 spiro atoms. The Morgan fingerprint density at radius 1 is 0.952 bits per heavy atom. The molecule has 0 unspecified atom stereocenters. The first kappa shape index (κ1) is 44.9. The van der Waals surface area contributed by atoms with Crippen molar-refractivity contribution < 1.29 is 28.2 Å². The lowest BCUT2D eigenvalue weighted by Gasteiger charge is -2.44. The van der Waals surface area contributed by atoms with E-state index in [1.165, 1.54) is 6.07 Å². The topological polar surface area (TPSA) is 143 Å². The van der Waals surface area contributed by atoms with Crippen molar-refractivity contribution in [2.75, 3.05) is 38.7 Å². The molecule has 3 N–H and O–H groups in total. The van der Waals surface area contributed by atoms with E-state index in [-0.39, 0.29) is 48.9 Å². The summed E-state index contributed by atoms with van der Waals surface area (Å²) in [6.45, 7) is 17.8. The Balaban J connectivity index is 0.980. The van der Waals surface area contributed by atoms with Crippen molar-refractivity contribution in [1.82, 2.24) is 35.2 Å². The number of aryl methyl sites for hydroxylation is 2. The van der Waals surface area contributed by atoms with Gasteiger partial charge >= 0.3 is 6.09 Å². The van der Waals surface area contributed by atoms with Gasteiger partial charge in [-0.3, -0.25) is 19.4 Å². The van der Waals surface area contributed by atoms with Gasteiger partial charge in [0.25, 0.3) is 11.8 Å². The first-order valence-corrected chi connectivity index (χ1v) is 21.8. The van der Waals surface area contributed by atoms with Crippen molar-refractivity contribution >= 4 is 34.6 Å². The van der Waals surface area contributed by atoms with Gasteiger partial charge in [-0.25, -0.2) is 18.9 Å². The van der Waals surface area contributed by atoms with E-state index in [1.807, 2.05) is 69.9 Å². The summed E-state index contributed by atoms with van der Waals surface area (Å²) in [4.78, 5) is 48.6. The monoisotopic (exact) mass is 858 g/mol. The number of carbonyl (C=O) groups is 3. The molecule has 5 aromatic rings. The van der Waals surface area contributed by atoms with Gasteiger partial charge in [0.1, 0.15) is 11.4 Å². The maximum absolute atomic E-state index is 15.4. The van der Waals surface area contributed by atoms with Crippen molar-refractivity contribution in [1.29, 1.82) is 0 Å². The molecule has 0 radical (unpaired) electrons. The Kier molecular flexibility index (Phi) is 13.9. The van der Waals surface area contributed by atoms with Crippen LogP contribution in [0, 0.1) is 5.82 Å². The van der Waals surface area contributed by atoms with Gasteiger partial charge in [0.05, 0.1) is 23.3 Å². The molecule has 2 aliphatic heterocycles. The van der Waals surface area contributed by atoms with Crippen LogP contribution in [-0.4, -0.2) is 93.5 Å². The second kappa shape index (κ2) is 19.5. The second-order valence-electron chi connectivity index (χ2n) is 17.4. The zero-order valence-electron chi connectivity index (χ0n) is 37.2.